The molecule has 0 N–H and O–H groups in total. The van der Waals surface area contributed by atoms with Crippen LogP contribution < -0.4 is 4.74 Å². The van der Waals surface area contributed by atoms with Gasteiger partial charge in [-0.1, -0.05) is 24.6 Å². The van der Waals surface area contributed by atoms with E-state index in [4.69, 9.17) is 21.1 Å². The van der Waals surface area contributed by atoms with E-state index in [2.05, 4.69) is 9.97 Å². The summed E-state index contributed by atoms with van der Waals surface area (Å²) in [6.45, 7) is 2.61. The van der Waals surface area contributed by atoms with E-state index in [-0.39, 0.29) is 11.1 Å². The molecule has 1 unspecified atom stereocenters. The van der Waals surface area contributed by atoms with Gasteiger partial charge < -0.3 is 9.47 Å². The van der Waals surface area contributed by atoms with Gasteiger partial charge in [0.25, 0.3) is 6.01 Å². The van der Waals surface area contributed by atoms with Crippen molar-refractivity contribution in [1.29, 1.82) is 0 Å². The largest absolute Gasteiger partial charge is 0.468 e. The molecule has 0 spiro atoms. The lowest BCUT2D eigenvalue weighted by molar-refractivity contribution is -0.137. The second-order valence-corrected chi connectivity index (χ2v) is 6.94. The molecule has 0 fully saturated rings. The van der Waals surface area contributed by atoms with Crippen molar-refractivity contribution >= 4 is 22.8 Å². The minimum atomic E-state index is -4.46. The molecule has 0 bridgehead atoms. The third kappa shape index (κ3) is 4.18. The Bertz CT molecular complexity index is 1000. The SMILES string of the molecule is CCC(CCOC)n1c(OC)nc2c(-c3ccc(C(F)(F)F)cc3Cl)ccnc21. The van der Waals surface area contributed by atoms with E-state index in [1.165, 1.54) is 13.2 Å². The van der Waals surface area contributed by atoms with Crippen LogP contribution in [0.25, 0.3) is 22.3 Å². The number of aromatic nitrogens is 3. The van der Waals surface area contributed by atoms with Crippen molar-refractivity contribution in [3.05, 3.63) is 41.0 Å². The normalized spacial score (nSPS) is 13.1. The van der Waals surface area contributed by atoms with Gasteiger partial charge in [0.2, 0.25) is 0 Å². The number of alkyl halides is 3. The summed E-state index contributed by atoms with van der Waals surface area (Å²) >= 11 is 6.21. The number of rotatable bonds is 7. The zero-order valence-electron chi connectivity index (χ0n) is 16.3. The molecule has 5 nitrogen and oxygen atoms in total. The van der Waals surface area contributed by atoms with Gasteiger partial charge in [-0.05, 0) is 31.0 Å². The third-order valence-electron chi connectivity index (χ3n) is 4.81. The molecule has 29 heavy (non-hydrogen) atoms. The highest BCUT2D eigenvalue weighted by Gasteiger charge is 2.31. The summed E-state index contributed by atoms with van der Waals surface area (Å²) in [6.07, 6.45) is -1.33. The zero-order valence-corrected chi connectivity index (χ0v) is 17.0. The number of imidazole rings is 1. The van der Waals surface area contributed by atoms with Crippen LogP contribution in [0.2, 0.25) is 5.02 Å². The van der Waals surface area contributed by atoms with E-state index in [1.807, 2.05) is 11.5 Å². The number of ether oxygens (including phenoxy) is 2. The fraction of sp³-hybridized carbons (Fsp3) is 0.400. The number of hydrogen-bond donors (Lipinski definition) is 0. The molecule has 0 aliphatic heterocycles. The highest BCUT2D eigenvalue weighted by molar-refractivity contribution is 6.33. The van der Waals surface area contributed by atoms with Crippen LogP contribution in [0.1, 0.15) is 31.4 Å². The topological polar surface area (TPSA) is 49.2 Å². The number of fused-ring (bicyclic) bond motifs is 1. The third-order valence-corrected chi connectivity index (χ3v) is 5.12. The molecule has 156 valence electrons. The fourth-order valence-corrected chi connectivity index (χ4v) is 3.62. The van der Waals surface area contributed by atoms with Crippen molar-refractivity contribution in [1.82, 2.24) is 14.5 Å². The Balaban J connectivity index is 2.17. The van der Waals surface area contributed by atoms with Crippen molar-refractivity contribution in [2.75, 3.05) is 20.8 Å². The van der Waals surface area contributed by atoms with Gasteiger partial charge in [0, 0.05) is 42.1 Å². The first-order chi connectivity index (χ1) is 13.8. The Morgan fingerprint density at radius 2 is 1.93 bits per heavy atom. The van der Waals surface area contributed by atoms with Gasteiger partial charge in [0.1, 0.15) is 5.52 Å². The van der Waals surface area contributed by atoms with Gasteiger partial charge in [0.15, 0.2) is 5.65 Å². The molecule has 1 aromatic carbocycles. The Labute approximate surface area is 171 Å². The molecule has 9 heteroatoms. The van der Waals surface area contributed by atoms with Crippen LogP contribution in [0.5, 0.6) is 6.01 Å². The lowest BCUT2D eigenvalue weighted by atomic mass is 10.0. The lowest BCUT2D eigenvalue weighted by Gasteiger charge is -2.18. The lowest BCUT2D eigenvalue weighted by Crippen LogP contribution is -2.12. The fourth-order valence-electron chi connectivity index (χ4n) is 3.34. The molecule has 0 aliphatic carbocycles. The van der Waals surface area contributed by atoms with Crippen molar-refractivity contribution in [2.24, 2.45) is 0 Å². The number of methoxy groups -OCH3 is 2. The molecule has 0 radical (unpaired) electrons. The molecule has 3 rings (SSSR count). The first-order valence-electron chi connectivity index (χ1n) is 9.08. The van der Waals surface area contributed by atoms with Crippen molar-refractivity contribution in [2.45, 2.75) is 32.0 Å². The molecule has 3 aromatic rings. The summed E-state index contributed by atoms with van der Waals surface area (Å²) in [4.78, 5) is 9.01. The highest BCUT2D eigenvalue weighted by Crippen LogP contribution is 2.39. The first-order valence-corrected chi connectivity index (χ1v) is 9.46. The Morgan fingerprint density at radius 1 is 1.17 bits per heavy atom. The predicted octanol–water partition coefficient (Wildman–Crippen LogP) is 5.77. The maximum absolute atomic E-state index is 13.0. The van der Waals surface area contributed by atoms with Crippen LogP contribution >= 0.6 is 11.6 Å². The zero-order chi connectivity index (χ0) is 21.2. The molecule has 0 aliphatic rings. The molecule has 0 saturated heterocycles. The number of halogens is 4. The Morgan fingerprint density at radius 3 is 2.52 bits per heavy atom. The minimum absolute atomic E-state index is 0.00716. The summed E-state index contributed by atoms with van der Waals surface area (Å²) < 4.78 is 51.5. The standard InChI is InChI=1S/C20H21ClF3N3O2/c1-4-13(8-10-28-2)27-18-17(26-19(27)29-3)15(7-9-25-18)14-6-5-12(11-16(14)21)20(22,23)24/h5-7,9,11,13H,4,8,10H2,1-3H3. The molecule has 1 atom stereocenters. The Kier molecular flexibility index (Phi) is 6.33. The van der Waals surface area contributed by atoms with Gasteiger partial charge in [-0.25, -0.2) is 4.98 Å². The molecule has 0 saturated carbocycles. The molecule has 2 aromatic heterocycles. The van der Waals surface area contributed by atoms with E-state index in [9.17, 15) is 13.2 Å². The molecular formula is C20H21ClF3N3O2. The summed E-state index contributed by atoms with van der Waals surface area (Å²) in [5, 5.41) is -0.00716. The smallest absolute Gasteiger partial charge is 0.416 e. The number of nitrogens with zero attached hydrogens (tertiary/aromatic N) is 3. The molecular weight excluding hydrogens is 407 g/mol. The van der Waals surface area contributed by atoms with E-state index in [1.54, 1.807) is 19.4 Å². The monoisotopic (exact) mass is 427 g/mol. The maximum Gasteiger partial charge on any atom is 0.416 e. The number of pyridine rings is 1. The van der Waals surface area contributed by atoms with Crippen LogP contribution in [0, 0.1) is 0 Å². The van der Waals surface area contributed by atoms with Crippen LogP contribution in [-0.4, -0.2) is 35.4 Å². The van der Waals surface area contributed by atoms with Gasteiger partial charge in [-0.15, -0.1) is 0 Å². The van der Waals surface area contributed by atoms with Crippen LogP contribution in [0.3, 0.4) is 0 Å². The van der Waals surface area contributed by atoms with E-state index in [0.717, 1.165) is 25.0 Å². The summed E-state index contributed by atoms with van der Waals surface area (Å²) in [5.74, 6) is 0. The summed E-state index contributed by atoms with van der Waals surface area (Å²) in [5.41, 5.74) is 1.34. The van der Waals surface area contributed by atoms with Crippen molar-refractivity contribution in [3.63, 3.8) is 0 Å². The van der Waals surface area contributed by atoms with E-state index in [0.29, 0.717) is 34.9 Å². The van der Waals surface area contributed by atoms with Crippen LogP contribution in [0.15, 0.2) is 30.5 Å². The van der Waals surface area contributed by atoms with Gasteiger partial charge in [0.05, 0.1) is 12.7 Å². The van der Waals surface area contributed by atoms with E-state index < -0.39 is 11.7 Å². The highest BCUT2D eigenvalue weighted by atomic mass is 35.5. The Hall–Kier alpha value is -2.32. The number of hydrogen-bond acceptors (Lipinski definition) is 4. The average Bonchev–Trinajstić information content (AvgIpc) is 3.07. The summed E-state index contributed by atoms with van der Waals surface area (Å²) in [6, 6.07) is 5.39. The van der Waals surface area contributed by atoms with Crippen molar-refractivity contribution < 1.29 is 22.6 Å². The maximum atomic E-state index is 13.0. The van der Waals surface area contributed by atoms with E-state index >= 15 is 0 Å². The second-order valence-electron chi connectivity index (χ2n) is 6.54. The van der Waals surface area contributed by atoms with Gasteiger partial charge >= 0.3 is 6.18 Å². The first kappa shape index (κ1) is 21.4. The summed E-state index contributed by atoms with van der Waals surface area (Å²) in [7, 11) is 3.16. The van der Waals surface area contributed by atoms with Gasteiger partial charge in [-0.3, -0.25) is 4.57 Å². The number of benzene rings is 1. The quantitative estimate of drug-likeness (QED) is 0.480. The van der Waals surface area contributed by atoms with Crippen LogP contribution in [-0.2, 0) is 10.9 Å². The minimum Gasteiger partial charge on any atom is -0.468 e. The van der Waals surface area contributed by atoms with Gasteiger partial charge in [-0.2, -0.15) is 18.2 Å². The van der Waals surface area contributed by atoms with Crippen LogP contribution in [0.4, 0.5) is 13.2 Å². The van der Waals surface area contributed by atoms with Crippen molar-refractivity contribution in [3.8, 4) is 17.1 Å². The second kappa shape index (κ2) is 8.59. The average molecular weight is 428 g/mol. The molecule has 0 amide bonds. The molecule has 2 heterocycles. The predicted molar refractivity (Wildman–Crippen MR) is 105 cm³/mol.